The number of thiocarbonyl (C=S) groups is 1. The molecule has 0 aromatic rings. The Labute approximate surface area is 78.5 Å². The van der Waals surface area contributed by atoms with Crippen LogP contribution in [0.15, 0.2) is 0 Å². The van der Waals surface area contributed by atoms with Crippen LogP contribution in [0.1, 0.15) is 25.7 Å². The number of likely N-dealkylation sites (tertiary alicyclic amines) is 1. The fourth-order valence-electron chi connectivity index (χ4n) is 1.74. The molecule has 0 amide bonds. The molecular weight excluding hydrogens is 172 g/mol. The van der Waals surface area contributed by atoms with Crippen LogP contribution in [-0.4, -0.2) is 34.3 Å². The van der Waals surface area contributed by atoms with Gasteiger partial charge in [-0.2, -0.15) is 0 Å². The van der Waals surface area contributed by atoms with Gasteiger partial charge in [0, 0.05) is 19.2 Å². The fourth-order valence-corrected chi connectivity index (χ4v) is 1.98. The molecule has 0 aromatic heterocycles. The molecule has 1 fully saturated rings. The first-order valence-electron chi connectivity index (χ1n) is 4.42. The van der Waals surface area contributed by atoms with E-state index in [1.54, 1.807) is 0 Å². The molecule has 0 spiro atoms. The van der Waals surface area contributed by atoms with Crippen molar-refractivity contribution in [2.45, 2.75) is 31.7 Å². The summed E-state index contributed by atoms with van der Waals surface area (Å²) in [6.45, 7) is 1.18. The highest BCUT2D eigenvalue weighted by Gasteiger charge is 2.22. The van der Waals surface area contributed by atoms with Gasteiger partial charge in [-0.25, -0.2) is 0 Å². The molecule has 0 aromatic carbocycles. The predicted molar refractivity (Wildman–Crippen MR) is 52.8 cm³/mol. The number of piperidine rings is 1. The van der Waals surface area contributed by atoms with Gasteiger partial charge in [-0.05, 0) is 37.9 Å². The Balaban J connectivity index is 2.48. The van der Waals surface area contributed by atoms with Crippen LogP contribution in [0.3, 0.4) is 0 Å². The second kappa shape index (κ2) is 4.62. The van der Waals surface area contributed by atoms with Crippen LogP contribution in [0.2, 0.25) is 0 Å². The zero-order valence-electron chi connectivity index (χ0n) is 7.20. The monoisotopic (exact) mass is 188 g/mol. The molecule has 1 aliphatic rings. The van der Waals surface area contributed by atoms with E-state index >= 15 is 0 Å². The first-order chi connectivity index (χ1) is 5.75. The van der Waals surface area contributed by atoms with Crippen LogP contribution in [0, 0.1) is 0 Å². The molecule has 70 valence electrons. The molecule has 1 atom stereocenters. The molecule has 1 rings (SSSR count). The summed E-state index contributed by atoms with van der Waals surface area (Å²) in [6, 6.07) is 0.376. The number of rotatable bonds is 2. The summed E-state index contributed by atoms with van der Waals surface area (Å²) < 4.78 is 0. The molecule has 0 saturated carbocycles. The summed E-state index contributed by atoms with van der Waals surface area (Å²) in [5.41, 5.74) is 5.56. The van der Waals surface area contributed by atoms with E-state index in [2.05, 4.69) is 0 Å². The van der Waals surface area contributed by atoms with E-state index in [4.69, 9.17) is 23.1 Å². The van der Waals surface area contributed by atoms with Crippen molar-refractivity contribution in [3.8, 4) is 0 Å². The lowest BCUT2D eigenvalue weighted by Gasteiger charge is -2.35. The van der Waals surface area contributed by atoms with E-state index in [1.165, 1.54) is 12.8 Å². The first kappa shape index (κ1) is 9.74. The third-order valence-electron chi connectivity index (χ3n) is 2.37. The minimum atomic E-state index is 0.226. The Morgan fingerprint density at radius 1 is 1.58 bits per heavy atom. The van der Waals surface area contributed by atoms with Crippen molar-refractivity contribution in [1.82, 2.24) is 4.90 Å². The van der Waals surface area contributed by atoms with E-state index in [0.29, 0.717) is 11.2 Å². The van der Waals surface area contributed by atoms with E-state index < -0.39 is 0 Å². The van der Waals surface area contributed by atoms with Crippen LogP contribution >= 0.6 is 12.2 Å². The highest BCUT2D eigenvalue weighted by molar-refractivity contribution is 7.80. The van der Waals surface area contributed by atoms with Crippen molar-refractivity contribution in [2.24, 2.45) is 5.73 Å². The van der Waals surface area contributed by atoms with Crippen molar-refractivity contribution in [2.75, 3.05) is 13.2 Å². The van der Waals surface area contributed by atoms with E-state index in [9.17, 15) is 0 Å². The largest absolute Gasteiger partial charge is 0.396 e. The molecule has 0 bridgehead atoms. The summed E-state index contributed by atoms with van der Waals surface area (Å²) in [7, 11) is 0. The van der Waals surface area contributed by atoms with Crippen molar-refractivity contribution < 1.29 is 5.11 Å². The molecule has 1 unspecified atom stereocenters. The topological polar surface area (TPSA) is 49.5 Å². The Kier molecular flexibility index (Phi) is 3.75. The maximum absolute atomic E-state index is 8.81. The van der Waals surface area contributed by atoms with Crippen LogP contribution in [0.4, 0.5) is 0 Å². The summed E-state index contributed by atoms with van der Waals surface area (Å²) in [4.78, 5) is 2.04. The molecule has 12 heavy (non-hydrogen) atoms. The SMILES string of the molecule is NC(=S)N1CCCCC1CCO. The smallest absolute Gasteiger partial charge is 0.166 e. The molecule has 1 heterocycles. The molecule has 3 nitrogen and oxygen atoms in total. The van der Waals surface area contributed by atoms with Crippen molar-refractivity contribution >= 4 is 17.3 Å². The maximum Gasteiger partial charge on any atom is 0.166 e. The molecule has 0 radical (unpaired) electrons. The second-order valence-electron chi connectivity index (χ2n) is 3.19. The molecular formula is C8H16N2OS. The molecule has 4 heteroatoms. The summed E-state index contributed by atoms with van der Waals surface area (Å²) >= 11 is 4.93. The number of hydrogen-bond acceptors (Lipinski definition) is 2. The molecule has 0 aliphatic carbocycles. The minimum Gasteiger partial charge on any atom is -0.396 e. The first-order valence-corrected chi connectivity index (χ1v) is 4.83. The fraction of sp³-hybridized carbons (Fsp3) is 0.875. The van der Waals surface area contributed by atoms with Crippen LogP contribution < -0.4 is 5.73 Å². The van der Waals surface area contributed by atoms with E-state index in [0.717, 1.165) is 19.4 Å². The van der Waals surface area contributed by atoms with E-state index in [-0.39, 0.29) is 6.61 Å². The molecule has 3 N–H and O–H groups in total. The second-order valence-corrected chi connectivity index (χ2v) is 3.61. The minimum absolute atomic E-state index is 0.226. The van der Waals surface area contributed by atoms with Crippen LogP contribution in [0.5, 0.6) is 0 Å². The summed E-state index contributed by atoms with van der Waals surface area (Å²) in [5.74, 6) is 0. The highest BCUT2D eigenvalue weighted by Crippen LogP contribution is 2.18. The van der Waals surface area contributed by atoms with Gasteiger partial charge < -0.3 is 15.7 Å². The normalized spacial score (nSPS) is 24.1. The average molecular weight is 188 g/mol. The molecule has 1 saturated heterocycles. The van der Waals surface area contributed by atoms with Gasteiger partial charge in [0.05, 0.1) is 0 Å². The van der Waals surface area contributed by atoms with Crippen LogP contribution in [0.25, 0.3) is 0 Å². The number of hydrogen-bond donors (Lipinski definition) is 2. The van der Waals surface area contributed by atoms with Gasteiger partial charge in [0.25, 0.3) is 0 Å². The predicted octanol–water partition coefficient (Wildman–Crippen LogP) is 0.467. The zero-order chi connectivity index (χ0) is 8.97. The Morgan fingerprint density at radius 2 is 2.33 bits per heavy atom. The average Bonchev–Trinajstić information content (AvgIpc) is 2.05. The third kappa shape index (κ3) is 2.32. The van der Waals surface area contributed by atoms with Crippen LogP contribution in [-0.2, 0) is 0 Å². The Morgan fingerprint density at radius 3 is 2.92 bits per heavy atom. The van der Waals surface area contributed by atoms with Gasteiger partial charge in [-0.3, -0.25) is 0 Å². The van der Waals surface area contributed by atoms with Gasteiger partial charge in [0.1, 0.15) is 0 Å². The van der Waals surface area contributed by atoms with Crippen molar-refractivity contribution in [3.05, 3.63) is 0 Å². The molecule has 1 aliphatic heterocycles. The summed E-state index contributed by atoms with van der Waals surface area (Å²) in [6.07, 6.45) is 4.29. The Hall–Kier alpha value is -0.350. The van der Waals surface area contributed by atoms with Crippen molar-refractivity contribution in [1.29, 1.82) is 0 Å². The van der Waals surface area contributed by atoms with Gasteiger partial charge in [0.2, 0.25) is 0 Å². The standard InChI is InChI=1S/C8H16N2OS/c9-8(12)10-5-2-1-3-7(10)4-6-11/h7,11H,1-6H2,(H2,9,12). The zero-order valence-corrected chi connectivity index (χ0v) is 8.02. The van der Waals surface area contributed by atoms with E-state index in [1.807, 2.05) is 4.90 Å². The van der Waals surface area contributed by atoms with Gasteiger partial charge in [-0.15, -0.1) is 0 Å². The maximum atomic E-state index is 8.81. The highest BCUT2D eigenvalue weighted by atomic mass is 32.1. The van der Waals surface area contributed by atoms with Crippen molar-refractivity contribution in [3.63, 3.8) is 0 Å². The number of nitrogens with zero attached hydrogens (tertiary/aromatic N) is 1. The lowest BCUT2D eigenvalue weighted by Crippen LogP contribution is -2.46. The Bertz CT molecular complexity index is 161. The van der Waals surface area contributed by atoms with Gasteiger partial charge >= 0.3 is 0 Å². The van der Waals surface area contributed by atoms with Gasteiger partial charge in [-0.1, -0.05) is 0 Å². The van der Waals surface area contributed by atoms with Gasteiger partial charge in [0.15, 0.2) is 5.11 Å². The third-order valence-corrected chi connectivity index (χ3v) is 2.61. The lowest BCUT2D eigenvalue weighted by molar-refractivity contribution is 0.185. The number of nitrogens with two attached hydrogens (primary N) is 1. The number of aliphatic hydroxyl groups excluding tert-OH is 1. The summed E-state index contributed by atoms with van der Waals surface area (Å²) in [5, 5.41) is 9.29. The quantitative estimate of drug-likeness (QED) is 0.618. The number of aliphatic hydroxyl groups is 1. The lowest BCUT2D eigenvalue weighted by atomic mass is 10.0.